The summed E-state index contributed by atoms with van der Waals surface area (Å²) < 4.78 is 25.0. The quantitative estimate of drug-likeness (QED) is 0.125. The number of benzene rings is 8. The maximum Gasteiger partial charge on any atom is 0.164 e. The summed E-state index contributed by atoms with van der Waals surface area (Å²) in [7, 11) is -4.68. The predicted molar refractivity (Wildman–Crippen MR) is 281 cm³/mol. The molecule has 0 aliphatic rings. The summed E-state index contributed by atoms with van der Waals surface area (Å²) in [6, 6.07) is 72.1. The molecular formula is C58H48N6O2P2. The van der Waals surface area contributed by atoms with Crippen molar-refractivity contribution in [3.8, 4) is 90.6 Å². The summed E-state index contributed by atoms with van der Waals surface area (Å²) in [6.45, 7) is 7.14. The highest BCUT2D eigenvalue weighted by molar-refractivity contribution is 7.70. The highest BCUT2D eigenvalue weighted by atomic mass is 31.2. The monoisotopic (exact) mass is 922 g/mol. The van der Waals surface area contributed by atoms with Gasteiger partial charge in [0.25, 0.3) is 0 Å². The van der Waals surface area contributed by atoms with Crippen LogP contribution in [0.5, 0.6) is 0 Å². The van der Waals surface area contributed by atoms with E-state index in [2.05, 4.69) is 36.4 Å². The Bertz CT molecular complexity index is 3360. The van der Waals surface area contributed by atoms with Gasteiger partial charge in [-0.3, -0.25) is 0 Å². The number of rotatable bonds is 10. The zero-order valence-corrected chi connectivity index (χ0v) is 40.0. The molecule has 0 unspecified atom stereocenters. The van der Waals surface area contributed by atoms with Crippen LogP contribution >= 0.6 is 14.3 Å². The van der Waals surface area contributed by atoms with Crippen molar-refractivity contribution >= 4 is 24.9 Å². The SMILES string of the molecule is CP(C)(=O)c1ccc(-c2nc(-c3ccccc3)nc(-c3ccc(-c4ccccc4)cc3)n2)cc1.CP(C)(=O)c1cccc(-c2cccc(-c3nc(-c4ccccc4)nc(-c4ccccc4)n3)c2)c1. The lowest BCUT2D eigenvalue weighted by molar-refractivity contribution is 0.587. The molecule has 0 aliphatic heterocycles. The van der Waals surface area contributed by atoms with Gasteiger partial charge in [-0.15, -0.1) is 0 Å². The van der Waals surface area contributed by atoms with Gasteiger partial charge in [-0.2, -0.15) is 0 Å². The van der Waals surface area contributed by atoms with Crippen LogP contribution in [0.1, 0.15) is 0 Å². The highest BCUT2D eigenvalue weighted by Crippen LogP contribution is 2.37. The molecule has 2 heterocycles. The van der Waals surface area contributed by atoms with Crippen molar-refractivity contribution in [1.29, 1.82) is 0 Å². The van der Waals surface area contributed by atoms with E-state index in [9.17, 15) is 9.13 Å². The molecule has 0 aliphatic carbocycles. The molecule has 8 aromatic carbocycles. The van der Waals surface area contributed by atoms with Crippen molar-refractivity contribution in [3.05, 3.63) is 218 Å². The Morgan fingerprint density at radius 1 is 0.235 bits per heavy atom. The van der Waals surface area contributed by atoms with E-state index in [-0.39, 0.29) is 0 Å². The molecule has 0 radical (unpaired) electrons. The van der Waals surface area contributed by atoms with Gasteiger partial charge in [0.05, 0.1) is 0 Å². The standard InChI is InChI=1S/2C29H24N3OP/c1-34(2,33)26-18-10-16-24(20-26)23-15-9-17-25(19-23)29-31-27(21-11-5-3-6-12-21)30-28(32-29)22-13-7-4-8-14-22;1-34(2,33)26-19-17-25(18-20-26)29-31-27(23-11-7-4-8-12-23)30-28(32-29)24-15-13-22(14-16-24)21-9-5-3-6-10-21/h2*3-20H,1-2H3. The van der Waals surface area contributed by atoms with Crippen molar-refractivity contribution in [2.24, 2.45) is 0 Å². The molecule has 0 saturated carbocycles. The lowest BCUT2D eigenvalue weighted by Crippen LogP contribution is -2.03. The van der Waals surface area contributed by atoms with Gasteiger partial charge < -0.3 is 9.13 Å². The third-order valence-electron chi connectivity index (χ3n) is 11.3. The lowest BCUT2D eigenvalue weighted by Gasteiger charge is -2.11. The van der Waals surface area contributed by atoms with E-state index in [0.717, 1.165) is 60.7 Å². The average Bonchev–Trinajstić information content (AvgIpc) is 3.39. The minimum atomic E-state index is -2.35. The van der Waals surface area contributed by atoms with Crippen LogP contribution in [-0.2, 0) is 9.13 Å². The molecule has 0 spiro atoms. The maximum absolute atomic E-state index is 12.6. The molecular weight excluding hydrogens is 875 g/mol. The number of aromatic nitrogens is 6. The maximum atomic E-state index is 12.6. The van der Waals surface area contributed by atoms with Gasteiger partial charge >= 0.3 is 0 Å². The smallest absolute Gasteiger partial charge is 0.164 e. The highest BCUT2D eigenvalue weighted by Gasteiger charge is 2.17. The topological polar surface area (TPSA) is 111 Å². The fraction of sp³-hybridized carbons (Fsp3) is 0.0690. The van der Waals surface area contributed by atoms with Gasteiger partial charge in [-0.05, 0) is 61.0 Å². The summed E-state index contributed by atoms with van der Waals surface area (Å²) in [5, 5.41) is 1.71. The molecule has 8 nitrogen and oxygen atoms in total. The van der Waals surface area contributed by atoms with E-state index < -0.39 is 14.3 Å². The number of nitrogens with zero attached hydrogens (tertiary/aromatic N) is 6. The van der Waals surface area contributed by atoms with Crippen LogP contribution in [0.15, 0.2) is 218 Å². The Balaban J connectivity index is 0.000000170. The van der Waals surface area contributed by atoms with Crippen LogP contribution in [0.4, 0.5) is 0 Å². The summed E-state index contributed by atoms with van der Waals surface area (Å²) in [5.74, 6) is 3.70. The Labute approximate surface area is 397 Å². The van der Waals surface area contributed by atoms with Crippen LogP contribution in [0.3, 0.4) is 0 Å². The van der Waals surface area contributed by atoms with Crippen molar-refractivity contribution in [3.63, 3.8) is 0 Å². The average molecular weight is 923 g/mol. The molecule has 2 aromatic heterocycles. The second kappa shape index (κ2) is 20.0. The second-order valence-electron chi connectivity index (χ2n) is 17.0. The van der Waals surface area contributed by atoms with Crippen LogP contribution < -0.4 is 10.6 Å². The Kier molecular flexibility index (Phi) is 13.4. The first-order chi connectivity index (χ1) is 32.9. The number of hydrogen-bond donors (Lipinski definition) is 0. The molecule has 0 fully saturated rings. The first-order valence-electron chi connectivity index (χ1n) is 22.2. The largest absolute Gasteiger partial charge is 0.319 e. The van der Waals surface area contributed by atoms with E-state index in [0.29, 0.717) is 34.9 Å². The van der Waals surface area contributed by atoms with Gasteiger partial charge in [-0.1, -0.05) is 206 Å². The number of hydrogen-bond acceptors (Lipinski definition) is 8. The van der Waals surface area contributed by atoms with Gasteiger partial charge in [0.1, 0.15) is 14.3 Å². The van der Waals surface area contributed by atoms with Gasteiger partial charge in [-0.25, -0.2) is 29.9 Å². The third kappa shape index (κ3) is 10.9. The van der Waals surface area contributed by atoms with E-state index in [1.807, 2.05) is 182 Å². The van der Waals surface area contributed by atoms with Crippen LogP contribution in [-0.4, -0.2) is 56.6 Å². The predicted octanol–water partition coefficient (Wildman–Crippen LogP) is 13.6. The van der Waals surface area contributed by atoms with Gasteiger partial charge in [0.2, 0.25) is 0 Å². The second-order valence-corrected chi connectivity index (χ2v) is 23.5. The van der Waals surface area contributed by atoms with Crippen molar-refractivity contribution in [2.45, 2.75) is 0 Å². The minimum absolute atomic E-state index is 0.588. The lowest BCUT2D eigenvalue weighted by atomic mass is 10.0. The zero-order valence-electron chi connectivity index (χ0n) is 38.2. The molecule has 332 valence electrons. The minimum Gasteiger partial charge on any atom is -0.319 e. The molecule has 0 amide bonds. The zero-order chi connectivity index (χ0) is 47.1. The summed E-state index contributed by atoms with van der Waals surface area (Å²) >= 11 is 0. The molecule has 0 saturated heterocycles. The van der Waals surface area contributed by atoms with E-state index >= 15 is 0 Å². The summed E-state index contributed by atoms with van der Waals surface area (Å²) in [5.41, 5.74) is 9.83. The van der Waals surface area contributed by atoms with Crippen molar-refractivity contribution in [2.75, 3.05) is 26.7 Å². The van der Waals surface area contributed by atoms with Gasteiger partial charge in [0.15, 0.2) is 34.9 Å². The van der Waals surface area contributed by atoms with E-state index in [1.165, 1.54) is 5.56 Å². The molecule has 0 N–H and O–H groups in total. The normalized spacial score (nSPS) is 11.4. The fourth-order valence-corrected chi connectivity index (χ4v) is 9.32. The van der Waals surface area contributed by atoms with Crippen LogP contribution in [0.2, 0.25) is 0 Å². The molecule has 10 heteroatoms. The van der Waals surface area contributed by atoms with E-state index in [4.69, 9.17) is 29.9 Å². The van der Waals surface area contributed by atoms with E-state index in [1.54, 1.807) is 26.7 Å². The fourth-order valence-electron chi connectivity index (χ4n) is 7.56. The van der Waals surface area contributed by atoms with Crippen molar-refractivity contribution < 1.29 is 9.13 Å². The van der Waals surface area contributed by atoms with Crippen LogP contribution in [0.25, 0.3) is 90.6 Å². The van der Waals surface area contributed by atoms with Gasteiger partial charge in [0, 0.05) is 44.0 Å². The molecule has 0 bridgehead atoms. The molecule has 0 atom stereocenters. The first-order valence-corrected chi connectivity index (χ1v) is 27.4. The Morgan fingerprint density at radius 2 is 0.500 bits per heavy atom. The van der Waals surface area contributed by atoms with Crippen molar-refractivity contribution in [1.82, 2.24) is 29.9 Å². The molecule has 10 aromatic rings. The van der Waals surface area contributed by atoms with Crippen LogP contribution in [0, 0.1) is 0 Å². The molecule has 68 heavy (non-hydrogen) atoms. The molecule has 10 rings (SSSR count). The third-order valence-corrected chi connectivity index (χ3v) is 14.3. The summed E-state index contributed by atoms with van der Waals surface area (Å²) in [6.07, 6.45) is 0. The Morgan fingerprint density at radius 3 is 0.897 bits per heavy atom. The Hall–Kier alpha value is -7.76. The summed E-state index contributed by atoms with van der Waals surface area (Å²) in [4.78, 5) is 28.8. The first kappa shape index (κ1) is 45.4.